The van der Waals surface area contributed by atoms with Gasteiger partial charge in [-0.05, 0) is 30.5 Å². The highest BCUT2D eigenvalue weighted by atomic mass is 32.2. The summed E-state index contributed by atoms with van der Waals surface area (Å²) in [6, 6.07) is 7.98. The Kier molecular flexibility index (Phi) is 5.80. The number of thioether (sulfide) groups is 1. The molecule has 4 rings (SSSR count). The van der Waals surface area contributed by atoms with E-state index in [4.69, 9.17) is 4.74 Å². The number of hydrogen-bond donors (Lipinski definition) is 2. The molecule has 0 radical (unpaired) electrons. The number of nitrogens with zero attached hydrogens (tertiary/aromatic N) is 1. The molecule has 1 aromatic heterocycles. The summed E-state index contributed by atoms with van der Waals surface area (Å²) >= 11 is 1.50. The Morgan fingerprint density at radius 3 is 2.39 bits per heavy atom. The summed E-state index contributed by atoms with van der Waals surface area (Å²) in [5.41, 5.74) is 1.56. The van der Waals surface area contributed by atoms with Crippen molar-refractivity contribution < 1.29 is 9.53 Å². The third-order valence-corrected chi connectivity index (χ3v) is 6.99. The Balaban J connectivity index is 1.74. The van der Waals surface area contributed by atoms with Crippen molar-refractivity contribution in [1.29, 1.82) is 0 Å². The number of nitrogens with one attached hydrogen (secondary N) is 2. The van der Waals surface area contributed by atoms with Crippen LogP contribution in [0.1, 0.15) is 67.4 Å². The number of rotatable bonds is 3. The number of methoxy groups -OCH3 is 1. The van der Waals surface area contributed by atoms with Crippen LogP contribution in [0.15, 0.2) is 29.1 Å². The topological polar surface area (TPSA) is 76.1 Å². The molecule has 1 saturated carbocycles. The van der Waals surface area contributed by atoms with Crippen LogP contribution in [0.2, 0.25) is 0 Å². The minimum Gasteiger partial charge on any atom is -0.497 e. The Morgan fingerprint density at radius 2 is 1.71 bits per heavy atom. The summed E-state index contributed by atoms with van der Waals surface area (Å²) in [4.78, 5) is 25.4. The van der Waals surface area contributed by atoms with Crippen molar-refractivity contribution in [3.8, 4) is 5.75 Å². The smallest absolute Gasteiger partial charge is 0.270 e. The molecule has 2 N–H and O–H groups in total. The van der Waals surface area contributed by atoms with E-state index >= 15 is 0 Å². The van der Waals surface area contributed by atoms with Gasteiger partial charge in [0.25, 0.3) is 5.56 Å². The van der Waals surface area contributed by atoms with Crippen molar-refractivity contribution in [2.75, 3.05) is 18.2 Å². The monoisotopic (exact) mass is 401 g/mol. The van der Waals surface area contributed by atoms with E-state index in [2.05, 4.69) is 10.4 Å². The molecule has 0 saturated heterocycles. The SMILES string of the molecule is COc1ccc([C@@H]2SCC(=O)Nc3c2c(=O)[nH]n3C2CCCCCCC2)cc1. The standard InChI is InChI=1S/C21H27N3O3S/c1-27-16-11-9-14(10-12-16)19-18-20(22-17(25)13-28-19)24(23-21(18)26)15-7-5-3-2-4-6-8-15/h9-12,15,19H,2-8,13H2,1H3,(H,22,25)(H,23,26)/t19-/m0/s1. The summed E-state index contributed by atoms with van der Waals surface area (Å²) in [6.45, 7) is 0. The van der Waals surface area contributed by atoms with E-state index < -0.39 is 0 Å². The van der Waals surface area contributed by atoms with E-state index in [1.54, 1.807) is 7.11 Å². The first-order valence-corrected chi connectivity index (χ1v) is 11.1. The van der Waals surface area contributed by atoms with Crippen LogP contribution in [0, 0.1) is 0 Å². The summed E-state index contributed by atoms with van der Waals surface area (Å²) in [7, 11) is 1.63. The number of benzene rings is 1. The number of ether oxygens (including phenoxy) is 1. The lowest BCUT2D eigenvalue weighted by atomic mass is 9.96. The highest BCUT2D eigenvalue weighted by molar-refractivity contribution is 8.00. The highest BCUT2D eigenvalue weighted by Crippen LogP contribution is 2.41. The van der Waals surface area contributed by atoms with Crippen LogP contribution in [-0.2, 0) is 4.79 Å². The molecule has 1 atom stereocenters. The van der Waals surface area contributed by atoms with E-state index in [0.717, 1.165) is 37.0 Å². The lowest BCUT2D eigenvalue weighted by Gasteiger charge is -2.23. The number of aromatic amines is 1. The van der Waals surface area contributed by atoms with E-state index in [0.29, 0.717) is 17.1 Å². The number of aromatic nitrogens is 2. The van der Waals surface area contributed by atoms with Crippen LogP contribution in [0.4, 0.5) is 5.82 Å². The van der Waals surface area contributed by atoms with Crippen molar-refractivity contribution in [3.05, 3.63) is 45.7 Å². The fourth-order valence-corrected chi connectivity index (χ4v) is 5.38. The van der Waals surface area contributed by atoms with Gasteiger partial charge in [0.1, 0.15) is 11.6 Å². The highest BCUT2D eigenvalue weighted by Gasteiger charge is 2.32. The molecule has 1 aliphatic carbocycles. The van der Waals surface area contributed by atoms with Gasteiger partial charge in [-0.1, -0.05) is 44.2 Å². The van der Waals surface area contributed by atoms with Crippen LogP contribution in [0.5, 0.6) is 5.75 Å². The maximum absolute atomic E-state index is 13.0. The van der Waals surface area contributed by atoms with Crippen molar-refractivity contribution in [1.82, 2.24) is 9.78 Å². The predicted molar refractivity (Wildman–Crippen MR) is 112 cm³/mol. The largest absolute Gasteiger partial charge is 0.497 e. The number of H-pyrrole nitrogens is 1. The number of hydrogen-bond acceptors (Lipinski definition) is 4. The average molecular weight is 402 g/mol. The van der Waals surface area contributed by atoms with Gasteiger partial charge in [0.15, 0.2) is 0 Å². The van der Waals surface area contributed by atoms with Gasteiger partial charge >= 0.3 is 0 Å². The fraction of sp³-hybridized carbons (Fsp3) is 0.524. The molecule has 1 amide bonds. The number of anilines is 1. The molecule has 0 spiro atoms. The average Bonchev–Trinajstić information content (AvgIpc) is 2.88. The molecule has 6 nitrogen and oxygen atoms in total. The van der Waals surface area contributed by atoms with Crippen LogP contribution < -0.4 is 15.6 Å². The molecular formula is C21H27N3O3S. The van der Waals surface area contributed by atoms with Gasteiger partial charge < -0.3 is 10.1 Å². The van der Waals surface area contributed by atoms with Crippen LogP contribution in [0.25, 0.3) is 0 Å². The number of carbonyl (C=O) groups excluding carboxylic acids is 1. The van der Waals surface area contributed by atoms with Gasteiger partial charge in [0, 0.05) is 0 Å². The zero-order valence-electron chi connectivity index (χ0n) is 16.2. The predicted octanol–water partition coefficient (Wildman–Crippen LogP) is 4.25. The van der Waals surface area contributed by atoms with Gasteiger partial charge in [-0.15, -0.1) is 11.8 Å². The number of carbonyl (C=O) groups is 1. The van der Waals surface area contributed by atoms with Gasteiger partial charge in [0.2, 0.25) is 5.91 Å². The van der Waals surface area contributed by atoms with Crippen LogP contribution >= 0.6 is 11.8 Å². The molecule has 150 valence electrons. The molecule has 1 aliphatic heterocycles. The van der Waals surface area contributed by atoms with Gasteiger partial charge in [0.05, 0.1) is 29.7 Å². The van der Waals surface area contributed by atoms with E-state index in [-0.39, 0.29) is 22.8 Å². The molecule has 1 aromatic carbocycles. The lowest BCUT2D eigenvalue weighted by molar-refractivity contribution is -0.113. The minimum absolute atomic E-state index is 0.0548. The third-order valence-electron chi connectivity index (χ3n) is 5.72. The second-order valence-corrected chi connectivity index (χ2v) is 8.68. The van der Waals surface area contributed by atoms with Crippen LogP contribution in [-0.4, -0.2) is 28.6 Å². The zero-order valence-corrected chi connectivity index (χ0v) is 17.0. The summed E-state index contributed by atoms with van der Waals surface area (Å²) in [5.74, 6) is 1.71. The molecule has 1 fully saturated rings. The first-order valence-electron chi connectivity index (χ1n) is 10.1. The molecule has 7 heteroatoms. The fourth-order valence-electron chi connectivity index (χ4n) is 4.25. The van der Waals surface area contributed by atoms with Gasteiger partial charge in [-0.3, -0.25) is 19.4 Å². The molecule has 28 heavy (non-hydrogen) atoms. The van der Waals surface area contributed by atoms with E-state index in [1.807, 2.05) is 28.9 Å². The molecule has 0 bridgehead atoms. The van der Waals surface area contributed by atoms with Gasteiger partial charge in [-0.25, -0.2) is 0 Å². The minimum atomic E-state index is -0.182. The Labute approximate surface area is 169 Å². The molecular weight excluding hydrogens is 374 g/mol. The normalized spacial score (nSPS) is 21.2. The summed E-state index contributed by atoms with van der Waals surface area (Å²) in [5, 5.41) is 5.88. The molecule has 0 unspecified atom stereocenters. The van der Waals surface area contributed by atoms with E-state index in [1.165, 1.54) is 31.0 Å². The first-order chi connectivity index (χ1) is 13.7. The van der Waals surface area contributed by atoms with Crippen molar-refractivity contribution >= 4 is 23.5 Å². The zero-order chi connectivity index (χ0) is 19.5. The number of fused-ring (bicyclic) bond motifs is 1. The second kappa shape index (κ2) is 8.47. The van der Waals surface area contributed by atoms with Gasteiger partial charge in [-0.2, -0.15) is 0 Å². The Morgan fingerprint density at radius 1 is 1.04 bits per heavy atom. The maximum Gasteiger partial charge on any atom is 0.270 e. The summed E-state index contributed by atoms with van der Waals surface area (Å²) < 4.78 is 7.20. The quantitative estimate of drug-likeness (QED) is 0.806. The Hall–Kier alpha value is -2.15. The van der Waals surface area contributed by atoms with Crippen molar-refractivity contribution in [2.24, 2.45) is 0 Å². The van der Waals surface area contributed by atoms with E-state index in [9.17, 15) is 9.59 Å². The Bertz CT molecular complexity index is 879. The lowest BCUT2D eigenvalue weighted by Crippen LogP contribution is -2.20. The maximum atomic E-state index is 13.0. The molecule has 2 aliphatic rings. The summed E-state index contributed by atoms with van der Waals surface area (Å²) in [6.07, 6.45) is 8.15. The molecule has 2 heterocycles. The van der Waals surface area contributed by atoms with Crippen LogP contribution in [0.3, 0.4) is 0 Å². The molecule has 2 aromatic rings. The van der Waals surface area contributed by atoms with Crippen molar-refractivity contribution in [3.63, 3.8) is 0 Å². The third kappa shape index (κ3) is 3.85. The first kappa shape index (κ1) is 19.2. The second-order valence-electron chi connectivity index (χ2n) is 7.58. The van der Waals surface area contributed by atoms with Crippen molar-refractivity contribution in [2.45, 2.75) is 56.2 Å². The number of amides is 1.